The molecule has 0 spiro atoms. The number of hydrogen-bond donors (Lipinski definition) is 3. The normalized spacial score (nSPS) is 19.4. The summed E-state index contributed by atoms with van der Waals surface area (Å²) < 4.78 is 0. The van der Waals surface area contributed by atoms with Crippen molar-refractivity contribution < 1.29 is 4.79 Å². The number of fused-ring (bicyclic) bond motifs is 1. The molecule has 0 radical (unpaired) electrons. The summed E-state index contributed by atoms with van der Waals surface area (Å²) in [4.78, 5) is 20.6. The SMILES string of the molecule is Cl.Cl.NC1(C(=O)Nc2ccc3nc(C4CCC4)[nH]c3c2)CCCCC1. The van der Waals surface area contributed by atoms with Gasteiger partial charge in [-0.1, -0.05) is 25.7 Å². The monoisotopic (exact) mass is 384 g/mol. The zero-order valence-electron chi connectivity index (χ0n) is 14.2. The van der Waals surface area contributed by atoms with E-state index >= 15 is 0 Å². The van der Waals surface area contributed by atoms with Crippen molar-refractivity contribution in [2.24, 2.45) is 5.73 Å². The van der Waals surface area contributed by atoms with E-state index in [0.717, 1.165) is 48.2 Å². The number of H-pyrrole nitrogens is 1. The summed E-state index contributed by atoms with van der Waals surface area (Å²) in [6.45, 7) is 0. The number of halogens is 2. The number of benzene rings is 1. The molecule has 0 saturated heterocycles. The maximum atomic E-state index is 12.5. The molecule has 1 aromatic carbocycles. The van der Waals surface area contributed by atoms with Crippen molar-refractivity contribution in [3.8, 4) is 0 Å². The standard InChI is InChI=1S/C18H24N4O.2ClH/c19-18(9-2-1-3-10-18)17(23)20-13-7-8-14-15(11-13)22-16(21-14)12-5-4-6-12;;/h7-8,11-12H,1-6,9-10,19H2,(H,20,23)(H,21,22);2*1H. The van der Waals surface area contributed by atoms with Crippen molar-refractivity contribution in [2.45, 2.75) is 62.8 Å². The number of carbonyl (C=O) groups is 1. The number of aromatic nitrogens is 2. The average Bonchev–Trinajstić information content (AvgIpc) is 2.88. The Morgan fingerprint density at radius 2 is 1.88 bits per heavy atom. The van der Waals surface area contributed by atoms with Crippen molar-refractivity contribution >= 4 is 47.4 Å². The van der Waals surface area contributed by atoms with Crippen LogP contribution in [0.2, 0.25) is 0 Å². The highest BCUT2D eigenvalue weighted by atomic mass is 35.5. The van der Waals surface area contributed by atoms with Gasteiger partial charge in [0.05, 0.1) is 16.6 Å². The Hall–Kier alpha value is -1.30. The number of anilines is 1. The molecule has 0 unspecified atom stereocenters. The molecule has 4 rings (SSSR count). The molecule has 1 aromatic heterocycles. The summed E-state index contributed by atoms with van der Waals surface area (Å²) in [6, 6.07) is 5.85. The van der Waals surface area contributed by atoms with E-state index in [1.807, 2.05) is 18.2 Å². The summed E-state index contributed by atoms with van der Waals surface area (Å²) >= 11 is 0. The van der Waals surface area contributed by atoms with Crippen LogP contribution in [0.15, 0.2) is 18.2 Å². The molecule has 1 amide bonds. The molecule has 2 aromatic rings. The molecule has 7 heteroatoms. The Balaban J connectivity index is 0.00000113. The molecular formula is C18H26Cl2N4O. The predicted octanol–water partition coefficient (Wildman–Crippen LogP) is 4.27. The molecule has 25 heavy (non-hydrogen) atoms. The number of nitrogens with one attached hydrogen (secondary N) is 2. The van der Waals surface area contributed by atoms with Crippen molar-refractivity contribution in [3.63, 3.8) is 0 Å². The lowest BCUT2D eigenvalue weighted by atomic mass is 9.82. The molecule has 2 aliphatic carbocycles. The Morgan fingerprint density at radius 3 is 2.52 bits per heavy atom. The van der Waals surface area contributed by atoms with Crippen LogP contribution in [-0.4, -0.2) is 21.4 Å². The minimum Gasteiger partial charge on any atom is -0.342 e. The maximum absolute atomic E-state index is 12.5. The minimum absolute atomic E-state index is 0. The molecule has 5 nitrogen and oxygen atoms in total. The number of carbonyl (C=O) groups excluding carboxylic acids is 1. The second-order valence-corrected chi connectivity index (χ2v) is 7.15. The molecule has 2 saturated carbocycles. The third-order valence-electron chi connectivity index (χ3n) is 5.45. The minimum atomic E-state index is -0.710. The van der Waals surface area contributed by atoms with Crippen molar-refractivity contribution in [1.82, 2.24) is 9.97 Å². The maximum Gasteiger partial charge on any atom is 0.244 e. The smallest absolute Gasteiger partial charge is 0.244 e. The quantitative estimate of drug-likeness (QED) is 0.738. The van der Waals surface area contributed by atoms with Gasteiger partial charge < -0.3 is 16.0 Å². The van der Waals surface area contributed by atoms with E-state index in [1.54, 1.807) is 0 Å². The largest absolute Gasteiger partial charge is 0.342 e. The van der Waals surface area contributed by atoms with Crippen LogP contribution in [0.4, 0.5) is 5.69 Å². The average molecular weight is 385 g/mol. The molecule has 138 valence electrons. The molecule has 0 bridgehead atoms. The molecule has 0 atom stereocenters. The van der Waals surface area contributed by atoms with Gasteiger partial charge in [-0.25, -0.2) is 4.98 Å². The van der Waals surface area contributed by atoms with Crippen molar-refractivity contribution in [3.05, 3.63) is 24.0 Å². The number of amides is 1. The summed E-state index contributed by atoms with van der Waals surface area (Å²) in [5.41, 5.74) is 8.33. The highest BCUT2D eigenvalue weighted by Crippen LogP contribution is 2.35. The van der Waals surface area contributed by atoms with Crippen molar-refractivity contribution in [2.75, 3.05) is 5.32 Å². The van der Waals surface area contributed by atoms with Gasteiger partial charge in [-0.05, 0) is 43.9 Å². The fourth-order valence-corrected chi connectivity index (χ4v) is 3.65. The first-order chi connectivity index (χ1) is 11.1. The lowest BCUT2D eigenvalue weighted by Gasteiger charge is -2.31. The van der Waals surface area contributed by atoms with E-state index in [0.29, 0.717) is 5.92 Å². The van der Waals surface area contributed by atoms with Crippen LogP contribution in [0.3, 0.4) is 0 Å². The Kier molecular flexibility index (Phi) is 6.35. The first-order valence-corrected chi connectivity index (χ1v) is 8.74. The van der Waals surface area contributed by atoms with Crippen LogP contribution in [0.25, 0.3) is 11.0 Å². The van der Waals surface area contributed by atoms with Crippen LogP contribution < -0.4 is 11.1 Å². The van der Waals surface area contributed by atoms with Gasteiger partial charge in [0.15, 0.2) is 0 Å². The molecule has 2 aliphatic rings. The van der Waals surface area contributed by atoms with E-state index in [4.69, 9.17) is 5.73 Å². The molecule has 1 heterocycles. The van der Waals surface area contributed by atoms with Gasteiger partial charge >= 0.3 is 0 Å². The first kappa shape index (κ1) is 20.0. The third-order valence-corrected chi connectivity index (χ3v) is 5.45. The lowest BCUT2D eigenvalue weighted by Crippen LogP contribution is -2.52. The van der Waals surface area contributed by atoms with E-state index in [-0.39, 0.29) is 30.7 Å². The van der Waals surface area contributed by atoms with Crippen LogP contribution >= 0.6 is 24.8 Å². The van der Waals surface area contributed by atoms with Gasteiger partial charge in [0, 0.05) is 11.6 Å². The number of hydrogen-bond acceptors (Lipinski definition) is 3. The highest BCUT2D eigenvalue weighted by molar-refractivity contribution is 5.99. The number of nitrogens with zero attached hydrogens (tertiary/aromatic N) is 1. The number of rotatable bonds is 3. The summed E-state index contributed by atoms with van der Waals surface area (Å²) in [6.07, 6.45) is 8.53. The summed E-state index contributed by atoms with van der Waals surface area (Å²) in [5, 5.41) is 3.00. The molecule has 0 aliphatic heterocycles. The van der Waals surface area contributed by atoms with Crippen LogP contribution in [0.1, 0.15) is 63.1 Å². The molecule has 2 fully saturated rings. The summed E-state index contributed by atoms with van der Waals surface area (Å²) in [5.74, 6) is 1.60. The zero-order valence-corrected chi connectivity index (χ0v) is 15.8. The number of nitrogens with two attached hydrogens (primary N) is 1. The van der Waals surface area contributed by atoms with E-state index in [1.165, 1.54) is 25.7 Å². The fourth-order valence-electron chi connectivity index (χ4n) is 3.65. The van der Waals surface area contributed by atoms with Gasteiger partial charge in [0.2, 0.25) is 5.91 Å². The van der Waals surface area contributed by atoms with Gasteiger partial charge in [0.25, 0.3) is 0 Å². The number of aromatic amines is 1. The van der Waals surface area contributed by atoms with Gasteiger partial charge in [0.1, 0.15) is 5.82 Å². The van der Waals surface area contributed by atoms with E-state index in [9.17, 15) is 4.79 Å². The Morgan fingerprint density at radius 1 is 1.16 bits per heavy atom. The van der Waals surface area contributed by atoms with Gasteiger partial charge in [-0.15, -0.1) is 24.8 Å². The Labute approximate surface area is 160 Å². The van der Waals surface area contributed by atoms with E-state index in [2.05, 4.69) is 15.3 Å². The topological polar surface area (TPSA) is 83.8 Å². The fraction of sp³-hybridized carbons (Fsp3) is 0.556. The van der Waals surface area contributed by atoms with Gasteiger partial charge in [-0.3, -0.25) is 4.79 Å². The highest BCUT2D eigenvalue weighted by Gasteiger charge is 2.35. The van der Waals surface area contributed by atoms with Crippen molar-refractivity contribution in [1.29, 1.82) is 0 Å². The van der Waals surface area contributed by atoms with E-state index < -0.39 is 5.54 Å². The number of imidazole rings is 1. The molecular weight excluding hydrogens is 359 g/mol. The second-order valence-electron chi connectivity index (χ2n) is 7.15. The van der Waals surface area contributed by atoms with Crippen LogP contribution in [0.5, 0.6) is 0 Å². The summed E-state index contributed by atoms with van der Waals surface area (Å²) in [7, 11) is 0. The zero-order chi connectivity index (χ0) is 15.9. The van der Waals surface area contributed by atoms with Crippen LogP contribution in [0, 0.1) is 0 Å². The van der Waals surface area contributed by atoms with Crippen LogP contribution in [-0.2, 0) is 4.79 Å². The third kappa shape index (κ3) is 3.94. The molecule has 4 N–H and O–H groups in total. The predicted molar refractivity (Wildman–Crippen MR) is 106 cm³/mol. The first-order valence-electron chi connectivity index (χ1n) is 8.74. The Bertz CT molecular complexity index is 736. The lowest BCUT2D eigenvalue weighted by molar-refractivity contribution is -0.122. The second kappa shape index (κ2) is 7.94. The van der Waals surface area contributed by atoms with Gasteiger partial charge in [-0.2, -0.15) is 0 Å².